The summed E-state index contributed by atoms with van der Waals surface area (Å²) >= 11 is 0. The predicted octanol–water partition coefficient (Wildman–Crippen LogP) is 2.81. The molecule has 1 aromatic carbocycles. The maximum absolute atomic E-state index is 12.9. The summed E-state index contributed by atoms with van der Waals surface area (Å²) in [5, 5.41) is 6.14. The molecule has 0 unspecified atom stereocenters. The zero-order valence-electron chi connectivity index (χ0n) is 17.7. The molecule has 2 heterocycles. The number of hydrogen-bond donors (Lipinski definition) is 2. The molecule has 2 atom stereocenters. The van der Waals surface area contributed by atoms with E-state index in [4.69, 9.17) is 0 Å². The summed E-state index contributed by atoms with van der Waals surface area (Å²) in [6.45, 7) is 7.85. The maximum Gasteiger partial charge on any atom is 0.317 e. The summed E-state index contributed by atoms with van der Waals surface area (Å²) < 4.78 is 0. The van der Waals surface area contributed by atoms with Gasteiger partial charge in [-0.1, -0.05) is 43.7 Å². The highest BCUT2D eigenvalue weighted by molar-refractivity contribution is 5.81. The third kappa shape index (κ3) is 6.46. The highest BCUT2D eigenvalue weighted by Crippen LogP contribution is 2.30. The van der Waals surface area contributed by atoms with Gasteiger partial charge in [0, 0.05) is 38.6 Å². The molecule has 6 nitrogen and oxygen atoms in total. The fourth-order valence-corrected chi connectivity index (χ4v) is 4.39. The van der Waals surface area contributed by atoms with Crippen LogP contribution in [0.15, 0.2) is 30.3 Å². The zero-order valence-corrected chi connectivity index (χ0v) is 17.7. The molecule has 3 rings (SSSR count). The van der Waals surface area contributed by atoms with Crippen LogP contribution in [-0.4, -0.2) is 67.6 Å². The topological polar surface area (TPSA) is 64.7 Å². The molecule has 1 aromatic rings. The fourth-order valence-electron chi connectivity index (χ4n) is 4.39. The number of nitrogens with zero attached hydrogens (tertiary/aromatic N) is 2. The molecule has 2 saturated heterocycles. The van der Waals surface area contributed by atoms with Crippen LogP contribution in [0.5, 0.6) is 0 Å². The SMILES string of the molecule is CCCCNC(=O)N1C[C@H](C(=O)NCCN2CCCC2)C[C@H](c2ccccc2)C1. The molecule has 2 aliphatic heterocycles. The minimum atomic E-state index is -0.163. The molecule has 3 amide bonds. The van der Waals surface area contributed by atoms with Crippen LogP contribution in [0.25, 0.3) is 0 Å². The number of unbranched alkanes of at least 4 members (excludes halogenated alkanes) is 1. The number of nitrogens with one attached hydrogen (secondary N) is 2. The average molecular weight is 401 g/mol. The molecule has 6 heteroatoms. The van der Waals surface area contributed by atoms with Crippen LogP contribution in [0.3, 0.4) is 0 Å². The number of rotatable bonds is 8. The third-order valence-electron chi connectivity index (χ3n) is 6.11. The first-order valence-electron chi connectivity index (χ1n) is 11.2. The van der Waals surface area contributed by atoms with Crippen molar-refractivity contribution in [3.8, 4) is 0 Å². The lowest BCUT2D eigenvalue weighted by molar-refractivity contribution is -0.126. The molecular weight excluding hydrogens is 364 g/mol. The zero-order chi connectivity index (χ0) is 20.5. The summed E-state index contributed by atoms with van der Waals surface area (Å²) in [6, 6.07) is 10.2. The van der Waals surface area contributed by atoms with E-state index >= 15 is 0 Å². The predicted molar refractivity (Wildman–Crippen MR) is 116 cm³/mol. The number of urea groups is 1. The number of likely N-dealkylation sites (tertiary alicyclic amines) is 2. The highest BCUT2D eigenvalue weighted by atomic mass is 16.2. The van der Waals surface area contributed by atoms with E-state index in [-0.39, 0.29) is 23.8 Å². The van der Waals surface area contributed by atoms with Gasteiger partial charge in [0.05, 0.1) is 5.92 Å². The van der Waals surface area contributed by atoms with E-state index in [2.05, 4.69) is 34.6 Å². The normalized spacial score (nSPS) is 22.4. The van der Waals surface area contributed by atoms with E-state index in [1.54, 1.807) is 0 Å². The summed E-state index contributed by atoms with van der Waals surface area (Å²) in [5.41, 5.74) is 1.20. The van der Waals surface area contributed by atoms with Crippen molar-refractivity contribution >= 4 is 11.9 Å². The first kappa shape index (κ1) is 21.6. The van der Waals surface area contributed by atoms with E-state index in [0.29, 0.717) is 26.2 Å². The molecule has 2 N–H and O–H groups in total. The lowest BCUT2D eigenvalue weighted by Crippen LogP contribution is -2.51. The first-order valence-corrected chi connectivity index (χ1v) is 11.2. The lowest BCUT2D eigenvalue weighted by Gasteiger charge is -2.37. The van der Waals surface area contributed by atoms with Gasteiger partial charge in [0.1, 0.15) is 0 Å². The second-order valence-corrected chi connectivity index (χ2v) is 8.37. The summed E-state index contributed by atoms with van der Waals surface area (Å²) in [7, 11) is 0. The van der Waals surface area contributed by atoms with Gasteiger partial charge in [-0.15, -0.1) is 0 Å². The van der Waals surface area contributed by atoms with Gasteiger partial charge in [0.2, 0.25) is 5.91 Å². The number of benzene rings is 1. The van der Waals surface area contributed by atoms with Crippen LogP contribution >= 0.6 is 0 Å². The number of hydrogen-bond acceptors (Lipinski definition) is 3. The summed E-state index contributed by atoms with van der Waals surface area (Å²) in [5.74, 6) is 0.108. The number of carbonyl (C=O) groups is 2. The van der Waals surface area contributed by atoms with Crippen molar-refractivity contribution < 1.29 is 9.59 Å². The van der Waals surface area contributed by atoms with Crippen LogP contribution in [0.4, 0.5) is 4.79 Å². The van der Waals surface area contributed by atoms with Crippen molar-refractivity contribution in [3.63, 3.8) is 0 Å². The average Bonchev–Trinajstić information content (AvgIpc) is 3.27. The van der Waals surface area contributed by atoms with Gasteiger partial charge < -0.3 is 20.4 Å². The Kier molecular flexibility index (Phi) is 8.35. The van der Waals surface area contributed by atoms with Crippen molar-refractivity contribution in [1.29, 1.82) is 0 Å². The Labute approximate surface area is 175 Å². The number of piperidine rings is 1. The highest BCUT2D eigenvalue weighted by Gasteiger charge is 2.34. The van der Waals surface area contributed by atoms with Gasteiger partial charge in [-0.25, -0.2) is 4.79 Å². The Morgan fingerprint density at radius 2 is 1.79 bits per heavy atom. The second kappa shape index (κ2) is 11.2. The molecular formula is C23H36N4O2. The van der Waals surface area contributed by atoms with Crippen molar-refractivity contribution in [2.75, 3.05) is 45.8 Å². The van der Waals surface area contributed by atoms with Gasteiger partial charge in [-0.3, -0.25) is 4.79 Å². The molecule has 2 fully saturated rings. The van der Waals surface area contributed by atoms with Gasteiger partial charge in [-0.05, 0) is 44.3 Å². The molecule has 0 radical (unpaired) electrons. The van der Waals surface area contributed by atoms with Crippen LogP contribution < -0.4 is 10.6 Å². The summed E-state index contributed by atoms with van der Waals surface area (Å²) in [6.07, 6.45) is 5.34. The molecule has 160 valence electrons. The standard InChI is InChI=1S/C23H36N4O2/c1-2-3-11-25-23(29)27-17-20(19-9-5-4-6-10-19)16-21(18-27)22(28)24-12-15-26-13-7-8-14-26/h4-6,9-10,20-21H,2-3,7-8,11-18H2,1H3,(H,24,28)(H,25,29)/t20-,21+/m0/s1. The van der Waals surface area contributed by atoms with Crippen LogP contribution in [0.2, 0.25) is 0 Å². The van der Waals surface area contributed by atoms with Crippen molar-refractivity contribution in [3.05, 3.63) is 35.9 Å². The van der Waals surface area contributed by atoms with E-state index in [9.17, 15) is 9.59 Å². The lowest BCUT2D eigenvalue weighted by atomic mass is 9.84. The van der Waals surface area contributed by atoms with Crippen LogP contribution in [-0.2, 0) is 4.79 Å². The molecule has 0 bridgehead atoms. The number of carbonyl (C=O) groups excluding carboxylic acids is 2. The first-order chi connectivity index (χ1) is 14.2. The third-order valence-corrected chi connectivity index (χ3v) is 6.11. The quantitative estimate of drug-likeness (QED) is 0.660. The second-order valence-electron chi connectivity index (χ2n) is 8.37. The van der Waals surface area contributed by atoms with E-state index in [1.165, 1.54) is 18.4 Å². The maximum atomic E-state index is 12.9. The summed E-state index contributed by atoms with van der Waals surface area (Å²) in [4.78, 5) is 29.8. The monoisotopic (exact) mass is 400 g/mol. The van der Waals surface area contributed by atoms with E-state index in [1.807, 2.05) is 23.1 Å². The van der Waals surface area contributed by atoms with Crippen LogP contribution in [0.1, 0.15) is 50.5 Å². The molecule has 0 aliphatic carbocycles. The van der Waals surface area contributed by atoms with E-state index < -0.39 is 0 Å². The smallest absolute Gasteiger partial charge is 0.317 e. The number of amides is 3. The molecule has 0 saturated carbocycles. The van der Waals surface area contributed by atoms with Gasteiger partial charge in [-0.2, -0.15) is 0 Å². The van der Waals surface area contributed by atoms with Crippen molar-refractivity contribution in [2.45, 2.75) is 44.9 Å². The molecule has 2 aliphatic rings. The molecule has 0 spiro atoms. The van der Waals surface area contributed by atoms with Crippen LogP contribution in [0, 0.1) is 5.92 Å². The molecule has 0 aromatic heterocycles. The Hall–Kier alpha value is -2.08. The minimum Gasteiger partial charge on any atom is -0.355 e. The van der Waals surface area contributed by atoms with Crippen molar-refractivity contribution in [1.82, 2.24) is 20.4 Å². The van der Waals surface area contributed by atoms with Crippen molar-refractivity contribution in [2.24, 2.45) is 5.92 Å². The largest absolute Gasteiger partial charge is 0.355 e. The Morgan fingerprint density at radius 3 is 2.52 bits per heavy atom. The Bertz CT molecular complexity index is 646. The van der Waals surface area contributed by atoms with Gasteiger partial charge in [0.25, 0.3) is 0 Å². The van der Waals surface area contributed by atoms with Gasteiger partial charge >= 0.3 is 6.03 Å². The van der Waals surface area contributed by atoms with E-state index in [0.717, 1.165) is 38.9 Å². The van der Waals surface area contributed by atoms with Gasteiger partial charge in [0.15, 0.2) is 0 Å². The Balaban J connectivity index is 1.59. The minimum absolute atomic E-state index is 0.0473. The fraction of sp³-hybridized carbons (Fsp3) is 0.652. The Morgan fingerprint density at radius 1 is 1.03 bits per heavy atom. The molecule has 29 heavy (non-hydrogen) atoms.